The van der Waals surface area contributed by atoms with Crippen LogP contribution in [0, 0.1) is 6.92 Å². The normalized spacial score (nSPS) is 10.3. The summed E-state index contributed by atoms with van der Waals surface area (Å²) in [7, 11) is 0. The first kappa shape index (κ1) is 13.1. The Hall–Kier alpha value is -2.36. The molecule has 0 fully saturated rings. The Morgan fingerprint density at radius 2 is 1.63 bits per heavy atom. The van der Waals surface area contributed by atoms with Gasteiger partial charge in [0.1, 0.15) is 11.5 Å². The maximum atomic E-state index is 11.2. The van der Waals surface area contributed by atoms with Gasteiger partial charge in [-0.05, 0) is 18.4 Å². The number of benzene rings is 2. The molecule has 2 rings (SSSR count). The number of hydrogen-bond acceptors (Lipinski definition) is 4. The highest BCUT2D eigenvalue weighted by molar-refractivity contribution is 5.93. The van der Waals surface area contributed by atoms with E-state index in [1.165, 1.54) is 13.8 Å². The Kier molecular flexibility index (Phi) is 3.51. The van der Waals surface area contributed by atoms with E-state index in [4.69, 9.17) is 9.47 Å². The zero-order valence-electron chi connectivity index (χ0n) is 11.0. The minimum Gasteiger partial charge on any atom is -0.426 e. The largest absolute Gasteiger partial charge is 0.426 e. The topological polar surface area (TPSA) is 52.6 Å². The van der Waals surface area contributed by atoms with E-state index in [1.807, 2.05) is 24.3 Å². The molecule has 19 heavy (non-hydrogen) atoms. The van der Waals surface area contributed by atoms with E-state index in [0.29, 0.717) is 17.1 Å². The summed E-state index contributed by atoms with van der Waals surface area (Å²) < 4.78 is 10.4. The van der Waals surface area contributed by atoms with Gasteiger partial charge in [-0.15, -0.1) is 0 Å². The number of fused-ring (bicyclic) bond motifs is 1. The van der Waals surface area contributed by atoms with Gasteiger partial charge in [-0.2, -0.15) is 0 Å². The molecule has 0 saturated heterocycles. The van der Waals surface area contributed by atoms with Crippen molar-refractivity contribution in [1.82, 2.24) is 0 Å². The molecule has 2 aromatic rings. The lowest BCUT2D eigenvalue weighted by molar-refractivity contribution is -0.132. The first-order chi connectivity index (χ1) is 8.99. The van der Waals surface area contributed by atoms with Crippen molar-refractivity contribution in [3.63, 3.8) is 0 Å². The summed E-state index contributed by atoms with van der Waals surface area (Å²) >= 11 is 0. The number of esters is 2. The van der Waals surface area contributed by atoms with Crippen LogP contribution in [0.2, 0.25) is 0 Å². The molecule has 0 N–H and O–H groups in total. The Morgan fingerprint density at radius 3 is 2.26 bits per heavy atom. The zero-order chi connectivity index (χ0) is 14.0. The minimum absolute atomic E-state index is 0.405. The molecule has 0 spiro atoms. The minimum atomic E-state index is -0.410. The van der Waals surface area contributed by atoms with Crippen LogP contribution in [-0.2, 0) is 9.59 Å². The number of ether oxygens (including phenoxy) is 2. The first-order valence-corrected chi connectivity index (χ1v) is 5.88. The number of hydrogen-bond donors (Lipinski definition) is 0. The lowest BCUT2D eigenvalue weighted by Gasteiger charge is -2.13. The molecular formula is C15H14O4. The van der Waals surface area contributed by atoms with Crippen LogP contribution >= 0.6 is 0 Å². The summed E-state index contributed by atoms with van der Waals surface area (Å²) in [5, 5.41) is 1.66. The second kappa shape index (κ2) is 5.10. The zero-order valence-corrected chi connectivity index (χ0v) is 11.0. The number of carbonyl (C=O) groups is 2. The molecule has 0 radical (unpaired) electrons. The Morgan fingerprint density at radius 1 is 1.00 bits per heavy atom. The molecule has 98 valence electrons. The average molecular weight is 258 g/mol. The van der Waals surface area contributed by atoms with E-state index in [2.05, 4.69) is 0 Å². The van der Waals surface area contributed by atoms with Gasteiger partial charge in [0, 0.05) is 24.8 Å². The Bertz CT molecular complexity index is 658. The van der Waals surface area contributed by atoms with Crippen LogP contribution in [-0.4, -0.2) is 11.9 Å². The van der Waals surface area contributed by atoms with E-state index in [1.54, 1.807) is 13.0 Å². The Balaban J connectivity index is 2.69. The molecule has 0 unspecified atom stereocenters. The van der Waals surface area contributed by atoms with Crippen molar-refractivity contribution in [1.29, 1.82) is 0 Å². The van der Waals surface area contributed by atoms with Crippen LogP contribution in [0.3, 0.4) is 0 Å². The van der Waals surface area contributed by atoms with Gasteiger partial charge in [0.2, 0.25) is 0 Å². The molecule has 0 aliphatic carbocycles. The molecular weight excluding hydrogens is 244 g/mol. The maximum absolute atomic E-state index is 11.2. The third-order valence-corrected chi connectivity index (χ3v) is 2.70. The van der Waals surface area contributed by atoms with E-state index in [-0.39, 0.29) is 0 Å². The maximum Gasteiger partial charge on any atom is 0.308 e. The molecule has 0 atom stereocenters. The fourth-order valence-electron chi connectivity index (χ4n) is 1.93. The summed E-state index contributed by atoms with van der Waals surface area (Å²) in [6.45, 7) is 4.43. The van der Waals surface area contributed by atoms with E-state index in [0.717, 1.165) is 10.8 Å². The highest BCUT2D eigenvalue weighted by Gasteiger charge is 2.15. The second-order valence-corrected chi connectivity index (χ2v) is 4.24. The molecule has 4 heteroatoms. The van der Waals surface area contributed by atoms with Gasteiger partial charge in [0.15, 0.2) is 0 Å². The van der Waals surface area contributed by atoms with Crippen LogP contribution in [0.5, 0.6) is 11.5 Å². The molecule has 0 aromatic heterocycles. The smallest absolute Gasteiger partial charge is 0.308 e. The van der Waals surface area contributed by atoms with E-state index < -0.39 is 11.9 Å². The van der Waals surface area contributed by atoms with Crippen molar-refractivity contribution in [3.05, 3.63) is 35.9 Å². The highest BCUT2D eigenvalue weighted by Crippen LogP contribution is 2.36. The Labute approximate surface area is 110 Å². The lowest BCUT2D eigenvalue weighted by Crippen LogP contribution is -2.07. The van der Waals surface area contributed by atoms with Gasteiger partial charge in [0.05, 0.1) is 0 Å². The third kappa shape index (κ3) is 2.73. The summed E-state index contributed by atoms with van der Waals surface area (Å²) in [5.74, 6) is 0.0182. The number of rotatable bonds is 2. The summed E-state index contributed by atoms with van der Waals surface area (Å²) in [4.78, 5) is 22.3. The summed E-state index contributed by atoms with van der Waals surface area (Å²) in [5.41, 5.74) is 0.629. The van der Waals surface area contributed by atoms with E-state index in [9.17, 15) is 9.59 Å². The molecule has 0 aliphatic rings. The molecule has 2 aromatic carbocycles. The van der Waals surface area contributed by atoms with Crippen molar-refractivity contribution >= 4 is 22.7 Å². The molecule has 0 bridgehead atoms. The lowest BCUT2D eigenvalue weighted by atomic mass is 10.0. The van der Waals surface area contributed by atoms with Crippen molar-refractivity contribution in [3.8, 4) is 11.5 Å². The monoisotopic (exact) mass is 258 g/mol. The average Bonchev–Trinajstić information content (AvgIpc) is 2.33. The summed E-state index contributed by atoms with van der Waals surface area (Å²) in [6.07, 6.45) is 0. The fraction of sp³-hybridized carbons (Fsp3) is 0.200. The quantitative estimate of drug-likeness (QED) is 0.613. The van der Waals surface area contributed by atoms with Crippen molar-refractivity contribution in [2.45, 2.75) is 20.8 Å². The van der Waals surface area contributed by atoms with Crippen LogP contribution in [0.4, 0.5) is 0 Å². The third-order valence-electron chi connectivity index (χ3n) is 2.70. The molecule has 0 amide bonds. The van der Waals surface area contributed by atoms with Crippen molar-refractivity contribution in [2.75, 3.05) is 0 Å². The predicted molar refractivity (Wildman–Crippen MR) is 71.3 cm³/mol. The van der Waals surface area contributed by atoms with Crippen LogP contribution in [0.1, 0.15) is 19.4 Å². The van der Waals surface area contributed by atoms with Crippen LogP contribution < -0.4 is 9.47 Å². The fourth-order valence-corrected chi connectivity index (χ4v) is 1.93. The van der Waals surface area contributed by atoms with Gasteiger partial charge in [0.25, 0.3) is 0 Å². The number of carbonyl (C=O) groups excluding carboxylic acids is 2. The molecule has 4 nitrogen and oxygen atoms in total. The second-order valence-electron chi connectivity index (χ2n) is 4.24. The van der Waals surface area contributed by atoms with Crippen molar-refractivity contribution in [2.24, 2.45) is 0 Å². The standard InChI is InChI=1S/C15H14O4/c1-9-14(18-10(2)16)8-12-6-4-5-7-13(12)15(9)19-11(3)17/h4-8H,1-3H3. The van der Waals surface area contributed by atoms with Crippen LogP contribution in [0.25, 0.3) is 10.8 Å². The first-order valence-electron chi connectivity index (χ1n) is 5.88. The van der Waals surface area contributed by atoms with Gasteiger partial charge < -0.3 is 9.47 Å². The van der Waals surface area contributed by atoms with Gasteiger partial charge in [-0.25, -0.2) is 0 Å². The van der Waals surface area contributed by atoms with Gasteiger partial charge >= 0.3 is 11.9 Å². The predicted octanol–water partition coefficient (Wildman–Crippen LogP) is 3.00. The SMILES string of the molecule is CC(=O)Oc1cc2ccccc2c(OC(C)=O)c1C. The van der Waals surface area contributed by atoms with Crippen molar-refractivity contribution < 1.29 is 19.1 Å². The summed E-state index contributed by atoms with van der Waals surface area (Å²) in [6, 6.07) is 9.22. The highest BCUT2D eigenvalue weighted by atomic mass is 16.5. The van der Waals surface area contributed by atoms with Gasteiger partial charge in [-0.1, -0.05) is 24.3 Å². The van der Waals surface area contributed by atoms with E-state index >= 15 is 0 Å². The van der Waals surface area contributed by atoms with Crippen LogP contribution in [0.15, 0.2) is 30.3 Å². The molecule has 0 saturated carbocycles. The molecule has 0 aliphatic heterocycles. The molecule has 0 heterocycles. The van der Waals surface area contributed by atoms with Gasteiger partial charge in [-0.3, -0.25) is 9.59 Å².